The molecule has 2 aromatic carbocycles. The Balaban J connectivity index is 2.21. The van der Waals surface area contributed by atoms with E-state index in [9.17, 15) is 22.2 Å². The summed E-state index contributed by atoms with van der Waals surface area (Å²) in [7, 11) is 0. The summed E-state index contributed by atoms with van der Waals surface area (Å²) in [6.07, 6.45) is -2.54. The van der Waals surface area contributed by atoms with E-state index in [2.05, 4.69) is 5.32 Å². The number of halogens is 3. The first-order valence-electron chi connectivity index (χ1n) is 8.48. The summed E-state index contributed by atoms with van der Waals surface area (Å²) < 4.78 is 62.3. The molecule has 0 radical (unpaired) electrons. The fourth-order valence-corrected chi connectivity index (χ4v) is 3.65. The van der Waals surface area contributed by atoms with E-state index in [1.54, 1.807) is 42.0 Å². The molecule has 0 aliphatic carbocycles. The topological polar surface area (TPSA) is 71.3 Å². The van der Waals surface area contributed by atoms with Crippen molar-refractivity contribution in [2.24, 2.45) is 0 Å². The number of hydrogen-bond donors (Lipinski definition) is 2. The minimum absolute atomic E-state index is 0.0167. The van der Waals surface area contributed by atoms with E-state index in [1.807, 2.05) is 0 Å². The molecular formula is C20H17F3N2O3S. The lowest BCUT2D eigenvalue weighted by Gasteiger charge is -2.16. The third kappa shape index (κ3) is 4.41. The molecule has 1 unspecified atom stereocenters. The lowest BCUT2D eigenvalue weighted by molar-refractivity contribution is -0.137. The van der Waals surface area contributed by atoms with Crippen molar-refractivity contribution >= 4 is 23.2 Å². The minimum atomic E-state index is -4.55. The van der Waals surface area contributed by atoms with Crippen molar-refractivity contribution in [1.82, 2.24) is 4.57 Å². The monoisotopic (exact) mass is 422 g/mol. The summed E-state index contributed by atoms with van der Waals surface area (Å²) in [5.74, 6) is -0.0489. The lowest BCUT2D eigenvalue weighted by Crippen LogP contribution is -2.09. The van der Waals surface area contributed by atoms with Crippen LogP contribution in [0, 0.1) is 6.92 Å². The summed E-state index contributed by atoms with van der Waals surface area (Å²) >= 11 is -2.00. The molecular weight excluding hydrogens is 405 g/mol. The molecule has 3 aromatic rings. The van der Waals surface area contributed by atoms with Crippen LogP contribution in [0.25, 0.3) is 16.9 Å². The number of nitrogens with zero attached hydrogens (tertiary/aromatic N) is 1. The van der Waals surface area contributed by atoms with E-state index < -0.39 is 22.8 Å². The highest BCUT2D eigenvalue weighted by molar-refractivity contribution is 7.78. The molecule has 0 saturated carbocycles. The maximum absolute atomic E-state index is 13.6. The Hall–Kier alpha value is -2.91. The summed E-state index contributed by atoms with van der Waals surface area (Å²) in [4.78, 5) is 10.9. The molecule has 2 N–H and O–H groups in total. The summed E-state index contributed by atoms with van der Waals surface area (Å²) in [5.41, 5.74) is 1.51. The molecule has 1 aromatic heterocycles. The van der Waals surface area contributed by atoms with Gasteiger partial charge >= 0.3 is 6.18 Å². The van der Waals surface area contributed by atoms with Crippen molar-refractivity contribution in [3.8, 4) is 16.9 Å². The van der Waals surface area contributed by atoms with Crippen molar-refractivity contribution < 1.29 is 26.7 Å². The zero-order valence-corrected chi connectivity index (χ0v) is 16.1. The first-order chi connectivity index (χ1) is 13.7. The molecule has 0 fully saturated rings. The maximum atomic E-state index is 13.6. The van der Waals surface area contributed by atoms with Crippen LogP contribution < -0.4 is 5.32 Å². The Kier molecular flexibility index (Phi) is 5.90. The highest BCUT2D eigenvalue weighted by atomic mass is 32.2. The molecule has 0 spiro atoms. The molecule has 29 heavy (non-hydrogen) atoms. The zero-order chi connectivity index (χ0) is 21.2. The Bertz CT molecular complexity index is 1060. The number of carbonyl (C=O) groups is 1. The number of hydrogen-bond acceptors (Lipinski definition) is 2. The summed E-state index contributed by atoms with van der Waals surface area (Å²) in [5, 5.41) is 2.52. The largest absolute Gasteiger partial charge is 0.417 e. The molecule has 1 atom stereocenters. The van der Waals surface area contributed by atoms with Crippen LogP contribution in [0.2, 0.25) is 0 Å². The SMILES string of the molecule is Cc1c(NC=O)cn(-c2ccc(CS(=O)O)cc2)c1-c1ccccc1C(F)(F)F. The minimum Gasteiger partial charge on any atom is -0.327 e. The smallest absolute Gasteiger partial charge is 0.327 e. The van der Waals surface area contributed by atoms with Crippen molar-refractivity contribution in [1.29, 1.82) is 0 Å². The average Bonchev–Trinajstić information content (AvgIpc) is 2.98. The molecule has 0 aliphatic heterocycles. The standard InChI is InChI=1S/C20H17F3N2O3S/c1-13-18(24-12-26)10-25(15-8-6-14(7-9-15)11-29(27)28)19(13)16-4-2-3-5-17(16)20(21,22)23/h2-10,12H,11H2,1H3,(H,24,26)(H,27,28). The van der Waals surface area contributed by atoms with Gasteiger partial charge in [0, 0.05) is 17.4 Å². The third-order valence-corrected chi connectivity index (χ3v) is 5.05. The van der Waals surface area contributed by atoms with Gasteiger partial charge in [0.25, 0.3) is 0 Å². The van der Waals surface area contributed by atoms with Gasteiger partial charge in [0.2, 0.25) is 6.41 Å². The second kappa shape index (κ2) is 8.22. The molecule has 9 heteroatoms. The van der Waals surface area contributed by atoms with Gasteiger partial charge in [-0.15, -0.1) is 0 Å². The molecule has 1 amide bonds. The number of carbonyl (C=O) groups excluding carboxylic acids is 1. The Labute approximate surface area is 167 Å². The molecule has 0 aliphatic rings. The van der Waals surface area contributed by atoms with Gasteiger partial charge in [-0.25, -0.2) is 4.21 Å². The van der Waals surface area contributed by atoms with Gasteiger partial charge in [-0.05, 0) is 36.2 Å². The normalized spacial score (nSPS) is 12.6. The molecule has 5 nitrogen and oxygen atoms in total. The van der Waals surface area contributed by atoms with Crippen molar-refractivity contribution in [3.05, 3.63) is 71.4 Å². The van der Waals surface area contributed by atoms with Crippen LogP contribution in [0.5, 0.6) is 0 Å². The predicted octanol–water partition coefficient (Wildman–Crippen LogP) is 4.76. The summed E-state index contributed by atoms with van der Waals surface area (Å²) in [6, 6.07) is 11.8. The third-order valence-electron chi connectivity index (χ3n) is 4.46. The van der Waals surface area contributed by atoms with E-state index in [-0.39, 0.29) is 11.3 Å². The van der Waals surface area contributed by atoms with E-state index >= 15 is 0 Å². The Morgan fingerprint density at radius 2 is 1.79 bits per heavy atom. The first-order valence-corrected chi connectivity index (χ1v) is 9.75. The van der Waals surface area contributed by atoms with Crippen LogP contribution in [-0.4, -0.2) is 19.7 Å². The van der Waals surface area contributed by atoms with Crippen LogP contribution >= 0.6 is 0 Å². The fourth-order valence-electron chi connectivity index (χ4n) is 3.18. The molecule has 152 valence electrons. The maximum Gasteiger partial charge on any atom is 0.417 e. The molecule has 1 heterocycles. The zero-order valence-electron chi connectivity index (χ0n) is 15.2. The van der Waals surface area contributed by atoms with Crippen molar-refractivity contribution in [3.63, 3.8) is 0 Å². The molecule has 3 rings (SSSR count). The van der Waals surface area contributed by atoms with Crippen LogP contribution in [-0.2, 0) is 27.8 Å². The van der Waals surface area contributed by atoms with E-state index in [0.717, 1.165) is 6.07 Å². The van der Waals surface area contributed by atoms with E-state index in [1.165, 1.54) is 18.2 Å². The van der Waals surface area contributed by atoms with Gasteiger partial charge in [-0.3, -0.25) is 4.79 Å². The average molecular weight is 422 g/mol. The van der Waals surface area contributed by atoms with Crippen LogP contribution in [0.3, 0.4) is 0 Å². The van der Waals surface area contributed by atoms with Gasteiger partial charge in [-0.2, -0.15) is 13.2 Å². The molecule has 0 saturated heterocycles. The van der Waals surface area contributed by atoms with Gasteiger partial charge < -0.3 is 14.4 Å². The van der Waals surface area contributed by atoms with E-state index in [0.29, 0.717) is 34.6 Å². The van der Waals surface area contributed by atoms with Crippen LogP contribution in [0.15, 0.2) is 54.7 Å². The number of aromatic nitrogens is 1. The number of benzene rings is 2. The Morgan fingerprint density at radius 3 is 2.38 bits per heavy atom. The van der Waals surface area contributed by atoms with Crippen molar-refractivity contribution in [2.45, 2.75) is 18.9 Å². The van der Waals surface area contributed by atoms with E-state index in [4.69, 9.17) is 4.55 Å². The fraction of sp³-hybridized carbons (Fsp3) is 0.150. The summed E-state index contributed by atoms with van der Waals surface area (Å²) in [6.45, 7) is 1.63. The van der Waals surface area contributed by atoms with Crippen LogP contribution in [0.4, 0.5) is 18.9 Å². The number of amides is 1. The Morgan fingerprint density at radius 1 is 1.14 bits per heavy atom. The van der Waals surface area contributed by atoms with Gasteiger partial charge in [0.1, 0.15) is 0 Å². The second-order valence-electron chi connectivity index (χ2n) is 6.32. The number of nitrogens with one attached hydrogen (secondary N) is 1. The number of alkyl halides is 3. The quantitative estimate of drug-likeness (QED) is 0.444. The first kappa shape index (κ1) is 20.8. The van der Waals surface area contributed by atoms with Gasteiger partial charge in [0.05, 0.1) is 22.7 Å². The van der Waals surface area contributed by atoms with Crippen molar-refractivity contribution in [2.75, 3.05) is 5.32 Å². The van der Waals surface area contributed by atoms with Gasteiger partial charge in [0.15, 0.2) is 11.1 Å². The van der Waals surface area contributed by atoms with Gasteiger partial charge in [-0.1, -0.05) is 30.3 Å². The molecule has 0 bridgehead atoms. The highest BCUT2D eigenvalue weighted by Gasteiger charge is 2.34. The highest BCUT2D eigenvalue weighted by Crippen LogP contribution is 2.41. The lowest BCUT2D eigenvalue weighted by atomic mass is 10.0. The number of rotatable bonds is 6. The van der Waals surface area contributed by atoms with Crippen LogP contribution in [0.1, 0.15) is 16.7 Å². The second-order valence-corrected chi connectivity index (χ2v) is 7.26. The predicted molar refractivity (Wildman–Crippen MR) is 105 cm³/mol. The number of anilines is 1.